The van der Waals surface area contributed by atoms with Crippen LogP contribution in [0.3, 0.4) is 0 Å². The normalized spacial score (nSPS) is 16.5. The molecule has 0 amide bonds. The van der Waals surface area contributed by atoms with Gasteiger partial charge in [0.1, 0.15) is 11.5 Å². The van der Waals surface area contributed by atoms with Gasteiger partial charge in [-0.05, 0) is 63.5 Å². The third kappa shape index (κ3) is 3.59. The summed E-state index contributed by atoms with van der Waals surface area (Å²) in [7, 11) is 3.82. The lowest BCUT2D eigenvalue weighted by atomic mass is 9.91. The van der Waals surface area contributed by atoms with E-state index in [9.17, 15) is 4.79 Å². The molecule has 0 saturated carbocycles. The van der Waals surface area contributed by atoms with Crippen molar-refractivity contribution in [1.29, 1.82) is 0 Å². The van der Waals surface area contributed by atoms with Crippen LogP contribution in [0.2, 0.25) is 0 Å². The summed E-state index contributed by atoms with van der Waals surface area (Å²) < 4.78 is 1.34. The first-order valence-electron chi connectivity index (χ1n) is 7.99. The monoisotopic (exact) mass is 313 g/mol. The van der Waals surface area contributed by atoms with Crippen molar-refractivity contribution in [3.8, 4) is 0 Å². The number of aryl methyl sites for hydroxylation is 2. The fourth-order valence-electron chi connectivity index (χ4n) is 3.05. The van der Waals surface area contributed by atoms with Crippen molar-refractivity contribution in [3.63, 3.8) is 0 Å². The van der Waals surface area contributed by atoms with Crippen LogP contribution in [-0.4, -0.2) is 39.8 Å². The lowest BCUT2D eigenvalue weighted by Gasteiger charge is -2.29. The van der Waals surface area contributed by atoms with Crippen molar-refractivity contribution < 1.29 is 0 Å². The highest BCUT2D eigenvalue weighted by Crippen LogP contribution is 2.27. The van der Waals surface area contributed by atoms with Gasteiger partial charge < -0.3 is 10.2 Å². The van der Waals surface area contributed by atoms with Crippen LogP contribution >= 0.6 is 0 Å². The first kappa shape index (κ1) is 15.7. The minimum atomic E-state index is -0.156. The fourth-order valence-corrected chi connectivity index (χ4v) is 3.05. The van der Waals surface area contributed by atoms with Crippen molar-refractivity contribution in [3.05, 3.63) is 46.0 Å². The molecule has 1 aliphatic heterocycles. The Morgan fingerprint density at radius 3 is 2.61 bits per heavy atom. The Balaban J connectivity index is 1.74. The van der Waals surface area contributed by atoms with Crippen LogP contribution in [0.1, 0.15) is 30.0 Å². The predicted octanol–water partition coefficient (Wildman–Crippen LogP) is 2.04. The lowest BCUT2D eigenvalue weighted by Crippen LogP contribution is -2.29. The van der Waals surface area contributed by atoms with E-state index in [4.69, 9.17) is 0 Å². The molecule has 1 saturated heterocycles. The molecule has 1 fully saturated rings. The Morgan fingerprint density at radius 2 is 1.96 bits per heavy atom. The second kappa shape index (κ2) is 6.50. The Kier molecular flexibility index (Phi) is 4.43. The van der Waals surface area contributed by atoms with Crippen molar-refractivity contribution in [2.45, 2.75) is 25.7 Å². The number of hydrogen-bond acceptors (Lipinski definition) is 5. The van der Waals surface area contributed by atoms with Gasteiger partial charge in [0.05, 0.1) is 5.69 Å². The van der Waals surface area contributed by atoms with Gasteiger partial charge in [0.2, 0.25) is 0 Å². The molecule has 2 aromatic heterocycles. The summed E-state index contributed by atoms with van der Waals surface area (Å²) >= 11 is 0. The zero-order valence-corrected chi connectivity index (χ0v) is 13.9. The van der Waals surface area contributed by atoms with Crippen LogP contribution in [-0.2, 0) is 7.05 Å². The Morgan fingerprint density at radius 1 is 1.22 bits per heavy atom. The second-order valence-electron chi connectivity index (χ2n) is 6.31. The number of anilines is 2. The number of likely N-dealkylation sites (tertiary alicyclic amines) is 1. The number of piperidine rings is 1. The number of aromatic nitrogens is 3. The molecule has 3 heterocycles. The molecule has 0 bridgehead atoms. The molecule has 3 rings (SSSR count). The third-order valence-electron chi connectivity index (χ3n) is 4.42. The molecule has 0 spiro atoms. The van der Waals surface area contributed by atoms with Crippen molar-refractivity contribution in [2.75, 3.05) is 25.5 Å². The number of pyridine rings is 1. The molecule has 0 aromatic carbocycles. The van der Waals surface area contributed by atoms with Crippen LogP contribution < -0.4 is 10.9 Å². The minimum absolute atomic E-state index is 0.156. The molecule has 0 atom stereocenters. The zero-order chi connectivity index (χ0) is 16.4. The van der Waals surface area contributed by atoms with E-state index >= 15 is 0 Å². The van der Waals surface area contributed by atoms with E-state index in [1.165, 1.54) is 23.1 Å². The number of nitrogens with zero attached hydrogens (tertiary/aromatic N) is 4. The highest BCUT2D eigenvalue weighted by atomic mass is 16.1. The quantitative estimate of drug-likeness (QED) is 0.939. The molecule has 1 N–H and O–H groups in total. The van der Waals surface area contributed by atoms with Crippen LogP contribution in [0.25, 0.3) is 0 Å². The maximum atomic E-state index is 12.1. The fraction of sp³-hybridized carbons (Fsp3) is 0.471. The standard InChI is InChI=1S/C17H23N5O/c1-12-10-15(17(23)22(3)20-12)19-16-5-4-14(11-18-16)13-6-8-21(2)9-7-13/h4-5,10-11,13H,6-9H2,1-3H3,(H,18,19). The smallest absolute Gasteiger partial charge is 0.290 e. The zero-order valence-electron chi connectivity index (χ0n) is 13.9. The highest BCUT2D eigenvalue weighted by Gasteiger charge is 2.18. The number of hydrogen-bond donors (Lipinski definition) is 1. The topological polar surface area (TPSA) is 63.1 Å². The summed E-state index contributed by atoms with van der Waals surface area (Å²) in [5.41, 5.74) is 2.41. The van der Waals surface area contributed by atoms with Gasteiger partial charge in [-0.2, -0.15) is 5.10 Å². The second-order valence-corrected chi connectivity index (χ2v) is 6.31. The molecule has 0 radical (unpaired) electrons. The van der Waals surface area contributed by atoms with Gasteiger partial charge in [-0.25, -0.2) is 9.67 Å². The van der Waals surface area contributed by atoms with Crippen LogP contribution in [0, 0.1) is 6.92 Å². The lowest BCUT2D eigenvalue weighted by molar-refractivity contribution is 0.255. The van der Waals surface area contributed by atoms with Gasteiger partial charge in [0, 0.05) is 13.2 Å². The summed E-state index contributed by atoms with van der Waals surface area (Å²) in [6.45, 7) is 4.13. The van der Waals surface area contributed by atoms with Gasteiger partial charge >= 0.3 is 0 Å². The van der Waals surface area contributed by atoms with Gasteiger partial charge in [0.25, 0.3) is 5.56 Å². The number of rotatable bonds is 3. The van der Waals surface area contributed by atoms with Crippen molar-refractivity contribution >= 4 is 11.5 Å². The molecule has 2 aromatic rings. The third-order valence-corrected chi connectivity index (χ3v) is 4.42. The molecule has 6 heteroatoms. The average Bonchev–Trinajstić information content (AvgIpc) is 2.54. The highest BCUT2D eigenvalue weighted by molar-refractivity contribution is 5.55. The summed E-state index contributed by atoms with van der Waals surface area (Å²) in [6.07, 6.45) is 4.28. The molecule has 122 valence electrons. The van der Waals surface area contributed by atoms with E-state index in [1.807, 2.05) is 19.2 Å². The molecule has 1 aliphatic rings. The molecule has 6 nitrogen and oxygen atoms in total. The van der Waals surface area contributed by atoms with Crippen molar-refractivity contribution in [2.24, 2.45) is 7.05 Å². The Bertz CT molecular complexity index is 730. The van der Waals surface area contributed by atoms with E-state index in [2.05, 4.69) is 33.4 Å². The molecular weight excluding hydrogens is 290 g/mol. The predicted molar refractivity (Wildman–Crippen MR) is 91.2 cm³/mol. The summed E-state index contributed by atoms with van der Waals surface area (Å²) in [5, 5.41) is 7.19. The Hall–Kier alpha value is -2.21. The Labute approximate surface area is 136 Å². The summed E-state index contributed by atoms with van der Waals surface area (Å²) in [4.78, 5) is 18.9. The minimum Gasteiger partial charge on any atom is -0.336 e. The SMILES string of the molecule is Cc1cc(Nc2ccc(C3CCN(C)CC3)cn2)c(=O)n(C)n1. The van der Waals surface area contributed by atoms with Gasteiger partial charge in [0.15, 0.2) is 0 Å². The molecule has 0 aliphatic carbocycles. The first-order chi connectivity index (χ1) is 11.0. The van der Waals surface area contributed by atoms with Crippen molar-refractivity contribution in [1.82, 2.24) is 19.7 Å². The largest absolute Gasteiger partial charge is 0.336 e. The van der Waals surface area contributed by atoms with Gasteiger partial charge in [-0.3, -0.25) is 4.79 Å². The van der Waals surface area contributed by atoms with E-state index < -0.39 is 0 Å². The summed E-state index contributed by atoms with van der Waals surface area (Å²) in [5.74, 6) is 1.27. The van der Waals surface area contributed by atoms with E-state index in [1.54, 1.807) is 13.1 Å². The molecule has 0 unspecified atom stereocenters. The van der Waals surface area contributed by atoms with Crippen LogP contribution in [0.5, 0.6) is 0 Å². The number of nitrogens with one attached hydrogen (secondary N) is 1. The molecule has 23 heavy (non-hydrogen) atoms. The maximum Gasteiger partial charge on any atom is 0.290 e. The molecular formula is C17H23N5O. The summed E-state index contributed by atoms with van der Waals surface area (Å²) in [6, 6.07) is 5.81. The van der Waals surface area contributed by atoms with E-state index in [-0.39, 0.29) is 5.56 Å². The van der Waals surface area contributed by atoms with Gasteiger partial charge in [-0.1, -0.05) is 6.07 Å². The first-order valence-corrected chi connectivity index (χ1v) is 7.99. The van der Waals surface area contributed by atoms with E-state index in [0.29, 0.717) is 17.4 Å². The maximum absolute atomic E-state index is 12.1. The van der Waals surface area contributed by atoms with E-state index in [0.717, 1.165) is 18.8 Å². The van der Waals surface area contributed by atoms with Crippen LogP contribution in [0.4, 0.5) is 11.5 Å². The van der Waals surface area contributed by atoms with Gasteiger partial charge in [-0.15, -0.1) is 0 Å². The van der Waals surface area contributed by atoms with Crippen LogP contribution in [0.15, 0.2) is 29.2 Å². The average molecular weight is 313 g/mol.